The lowest BCUT2D eigenvalue weighted by Crippen LogP contribution is -2.24. The fraction of sp³-hybridized carbons (Fsp3) is 0.571. The quantitative estimate of drug-likeness (QED) is 0.293. The van der Waals surface area contributed by atoms with Crippen molar-refractivity contribution in [1.29, 1.82) is 5.41 Å². The van der Waals surface area contributed by atoms with Crippen molar-refractivity contribution < 1.29 is 14.3 Å². The first-order valence-corrected chi connectivity index (χ1v) is 9.58. The Morgan fingerprint density at radius 2 is 1.78 bits per heavy atom. The van der Waals surface area contributed by atoms with E-state index in [9.17, 15) is 9.59 Å². The maximum absolute atomic E-state index is 11.4. The van der Waals surface area contributed by atoms with Gasteiger partial charge in [0.15, 0.2) is 0 Å². The second-order valence-corrected chi connectivity index (χ2v) is 6.65. The molecule has 0 bridgehead atoms. The van der Waals surface area contributed by atoms with E-state index in [4.69, 9.17) is 15.9 Å². The number of hydrogen-bond donors (Lipinski definition) is 2. The highest BCUT2D eigenvalue weighted by atomic mass is 35.5. The zero-order valence-corrected chi connectivity index (χ0v) is 17.1. The summed E-state index contributed by atoms with van der Waals surface area (Å²) in [6, 6.07) is 10.0. The zero-order valence-electron chi connectivity index (χ0n) is 16.2. The second kappa shape index (κ2) is 15.2. The molecule has 0 aromatic heterocycles. The summed E-state index contributed by atoms with van der Waals surface area (Å²) in [6.07, 6.45) is 8.16. The van der Waals surface area contributed by atoms with E-state index in [0.29, 0.717) is 24.8 Å². The average Bonchev–Trinajstić information content (AvgIpc) is 2.64. The summed E-state index contributed by atoms with van der Waals surface area (Å²) in [5.41, 5.74) is 6.57. The van der Waals surface area contributed by atoms with Gasteiger partial charge >= 0.3 is 5.97 Å². The standard InChI is InChI=1S/C14H18O3.C7H14N2.ClH/c1-2-17-14(16)11-13(15)10-6-9-12-7-4-3-5-8-12;8-7(9)6-4-2-1-3-5-6;/h3-5,7-8H,2,6,9-11H2,1H3;6H,1-5H2,(H3,8,9);1H. The van der Waals surface area contributed by atoms with Crippen LogP contribution in [0, 0.1) is 11.3 Å². The molecule has 2 rings (SSSR count). The zero-order chi connectivity index (χ0) is 19.2. The van der Waals surface area contributed by atoms with Crippen molar-refractivity contribution in [2.24, 2.45) is 11.7 Å². The van der Waals surface area contributed by atoms with Crippen molar-refractivity contribution in [1.82, 2.24) is 0 Å². The molecular weight excluding hydrogens is 364 g/mol. The average molecular weight is 397 g/mol. The molecule has 1 saturated carbocycles. The molecule has 1 fully saturated rings. The molecule has 1 aliphatic carbocycles. The molecule has 0 aliphatic heterocycles. The van der Waals surface area contributed by atoms with Crippen LogP contribution in [-0.2, 0) is 20.7 Å². The summed E-state index contributed by atoms with van der Waals surface area (Å²) in [5.74, 6) is 0.352. The molecule has 1 aromatic rings. The van der Waals surface area contributed by atoms with E-state index in [-0.39, 0.29) is 24.6 Å². The van der Waals surface area contributed by atoms with E-state index in [2.05, 4.69) is 0 Å². The fourth-order valence-electron chi connectivity index (χ4n) is 3.01. The number of carbonyl (C=O) groups excluding carboxylic acids is 2. The van der Waals surface area contributed by atoms with Crippen LogP contribution in [0.4, 0.5) is 0 Å². The fourth-order valence-corrected chi connectivity index (χ4v) is 3.01. The highest BCUT2D eigenvalue weighted by molar-refractivity contribution is 5.95. The van der Waals surface area contributed by atoms with Gasteiger partial charge in [-0.3, -0.25) is 15.0 Å². The van der Waals surface area contributed by atoms with Crippen LogP contribution in [-0.4, -0.2) is 24.2 Å². The van der Waals surface area contributed by atoms with Crippen LogP contribution in [0.5, 0.6) is 0 Å². The van der Waals surface area contributed by atoms with Gasteiger partial charge in [-0.2, -0.15) is 0 Å². The number of ether oxygens (including phenoxy) is 1. The first-order chi connectivity index (χ1) is 12.5. The Morgan fingerprint density at radius 1 is 1.15 bits per heavy atom. The summed E-state index contributed by atoms with van der Waals surface area (Å²) >= 11 is 0. The summed E-state index contributed by atoms with van der Waals surface area (Å²) < 4.78 is 4.72. The van der Waals surface area contributed by atoms with Crippen molar-refractivity contribution in [3.63, 3.8) is 0 Å². The molecule has 0 spiro atoms. The monoisotopic (exact) mass is 396 g/mol. The van der Waals surface area contributed by atoms with E-state index in [1.54, 1.807) is 6.92 Å². The molecule has 0 saturated heterocycles. The first kappa shape index (κ1) is 25.1. The van der Waals surface area contributed by atoms with E-state index in [0.717, 1.165) is 25.7 Å². The number of halogens is 1. The number of carbonyl (C=O) groups is 2. The van der Waals surface area contributed by atoms with Gasteiger partial charge in [0.25, 0.3) is 0 Å². The Labute approximate surface area is 169 Å². The number of ketones is 1. The molecule has 6 heteroatoms. The van der Waals surface area contributed by atoms with Gasteiger partial charge in [0, 0.05) is 12.3 Å². The van der Waals surface area contributed by atoms with Gasteiger partial charge in [0.05, 0.1) is 12.4 Å². The molecule has 0 amide bonds. The highest BCUT2D eigenvalue weighted by Gasteiger charge is 2.14. The third-order valence-electron chi connectivity index (χ3n) is 4.46. The molecule has 1 aromatic carbocycles. The summed E-state index contributed by atoms with van der Waals surface area (Å²) in [7, 11) is 0. The normalized spacial score (nSPS) is 13.5. The van der Waals surface area contributed by atoms with Gasteiger partial charge < -0.3 is 10.5 Å². The van der Waals surface area contributed by atoms with E-state index in [1.165, 1.54) is 24.8 Å². The Kier molecular flexibility index (Phi) is 14.1. The number of nitrogens with two attached hydrogens (primary N) is 1. The molecule has 0 radical (unpaired) electrons. The Bertz CT molecular complexity index is 558. The van der Waals surface area contributed by atoms with E-state index in [1.807, 2.05) is 30.3 Å². The van der Waals surface area contributed by atoms with Crippen molar-refractivity contribution in [3.8, 4) is 0 Å². The van der Waals surface area contributed by atoms with Gasteiger partial charge in [0.2, 0.25) is 0 Å². The maximum Gasteiger partial charge on any atom is 0.313 e. The molecule has 0 heterocycles. The number of amidine groups is 1. The number of rotatable bonds is 8. The largest absolute Gasteiger partial charge is 0.466 e. The molecule has 152 valence electrons. The number of esters is 1. The number of hydrogen-bond acceptors (Lipinski definition) is 4. The van der Waals surface area contributed by atoms with Gasteiger partial charge in [-0.25, -0.2) is 0 Å². The minimum Gasteiger partial charge on any atom is -0.466 e. The van der Waals surface area contributed by atoms with Crippen LogP contribution in [0.3, 0.4) is 0 Å². The van der Waals surface area contributed by atoms with Crippen LogP contribution in [0.15, 0.2) is 30.3 Å². The predicted molar refractivity (Wildman–Crippen MR) is 111 cm³/mol. The molecule has 1 aliphatic rings. The SMILES string of the molecule is CCOC(=O)CC(=O)CCCc1ccccc1.Cl.N=C(N)C1CCCCC1. The predicted octanol–water partition coefficient (Wildman–Crippen LogP) is 4.46. The smallest absolute Gasteiger partial charge is 0.313 e. The second-order valence-electron chi connectivity index (χ2n) is 6.65. The topological polar surface area (TPSA) is 93.2 Å². The molecule has 27 heavy (non-hydrogen) atoms. The summed E-state index contributed by atoms with van der Waals surface area (Å²) in [4.78, 5) is 22.5. The van der Waals surface area contributed by atoms with Crippen LogP contribution >= 0.6 is 12.4 Å². The van der Waals surface area contributed by atoms with Crippen LogP contribution in [0.1, 0.15) is 63.9 Å². The lowest BCUT2D eigenvalue weighted by Gasteiger charge is -2.19. The molecule has 3 N–H and O–H groups in total. The number of aryl methyl sites for hydroxylation is 1. The highest BCUT2D eigenvalue weighted by Crippen LogP contribution is 2.22. The Balaban J connectivity index is 0.000000572. The Morgan fingerprint density at radius 3 is 2.30 bits per heavy atom. The number of nitrogens with one attached hydrogen (secondary N) is 1. The van der Waals surface area contributed by atoms with Crippen LogP contribution in [0.2, 0.25) is 0 Å². The van der Waals surface area contributed by atoms with Crippen molar-refractivity contribution in [2.45, 2.75) is 64.7 Å². The van der Waals surface area contributed by atoms with Gasteiger partial charge in [0.1, 0.15) is 12.2 Å². The van der Waals surface area contributed by atoms with Crippen LogP contribution < -0.4 is 5.73 Å². The Hall–Kier alpha value is -1.88. The lowest BCUT2D eigenvalue weighted by atomic mass is 9.89. The van der Waals surface area contributed by atoms with E-state index >= 15 is 0 Å². The third kappa shape index (κ3) is 12.2. The van der Waals surface area contributed by atoms with Gasteiger partial charge in [-0.15, -0.1) is 12.4 Å². The minimum atomic E-state index is -0.419. The number of Topliss-reactive ketones (excluding diaryl/α,β-unsaturated/α-hetero) is 1. The minimum absolute atomic E-state index is 0. The lowest BCUT2D eigenvalue weighted by molar-refractivity contribution is -0.145. The van der Waals surface area contributed by atoms with E-state index < -0.39 is 5.97 Å². The molecular formula is C21H33ClN2O3. The summed E-state index contributed by atoms with van der Waals surface area (Å²) in [6.45, 7) is 2.06. The molecule has 0 atom stereocenters. The summed E-state index contributed by atoms with van der Waals surface area (Å²) in [5, 5.41) is 7.17. The molecule has 0 unspecified atom stereocenters. The third-order valence-corrected chi connectivity index (χ3v) is 4.46. The van der Waals surface area contributed by atoms with Crippen molar-refractivity contribution in [2.75, 3.05) is 6.61 Å². The molecule has 5 nitrogen and oxygen atoms in total. The van der Waals surface area contributed by atoms with Crippen LogP contribution in [0.25, 0.3) is 0 Å². The van der Waals surface area contributed by atoms with Crippen molar-refractivity contribution >= 4 is 30.0 Å². The van der Waals surface area contributed by atoms with Gasteiger partial charge in [-0.1, -0.05) is 49.6 Å². The maximum atomic E-state index is 11.4. The first-order valence-electron chi connectivity index (χ1n) is 9.58. The number of benzene rings is 1. The van der Waals surface area contributed by atoms with Crippen molar-refractivity contribution in [3.05, 3.63) is 35.9 Å². The van der Waals surface area contributed by atoms with Gasteiger partial charge in [-0.05, 0) is 38.2 Å².